The van der Waals surface area contributed by atoms with Crippen molar-refractivity contribution in [1.29, 1.82) is 5.26 Å². The highest BCUT2D eigenvalue weighted by atomic mass is 16.5. The Morgan fingerprint density at radius 3 is 2.36 bits per heavy atom. The van der Waals surface area contributed by atoms with Crippen LogP contribution in [0.2, 0.25) is 0 Å². The smallest absolute Gasteiger partial charge is 0.275 e. The molecule has 3 N–H and O–H groups in total. The number of aryl methyl sites for hydroxylation is 1. The highest BCUT2D eigenvalue weighted by molar-refractivity contribution is 5.99. The molecule has 4 amide bonds. The Labute approximate surface area is 415 Å². The van der Waals surface area contributed by atoms with Gasteiger partial charge in [-0.2, -0.15) is 15.5 Å². The van der Waals surface area contributed by atoms with E-state index >= 15 is 0 Å². The van der Waals surface area contributed by atoms with Crippen LogP contribution in [0, 0.1) is 30.1 Å². The summed E-state index contributed by atoms with van der Waals surface area (Å²) >= 11 is 0. The van der Waals surface area contributed by atoms with Crippen LogP contribution in [0.25, 0.3) is 33.4 Å². The first kappa shape index (κ1) is 48.9. The second-order valence-electron chi connectivity index (χ2n) is 18.7. The lowest BCUT2D eigenvalue weighted by molar-refractivity contribution is -0.136. The van der Waals surface area contributed by atoms with Crippen molar-refractivity contribution < 1.29 is 23.9 Å². The molecule has 0 saturated carbocycles. The minimum atomic E-state index is -0.842. The van der Waals surface area contributed by atoms with E-state index in [1.807, 2.05) is 48.5 Å². The molecule has 6 heterocycles. The summed E-state index contributed by atoms with van der Waals surface area (Å²) in [6.07, 6.45) is 7.41. The normalized spacial score (nSPS) is 16.8. The van der Waals surface area contributed by atoms with E-state index in [4.69, 9.17) is 4.74 Å². The molecular weight excluding hydrogens is 917 g/mol. The number of likely N-dealkylation sites (tertiary alicyclic amines) is 1. The summed E-state index contributed by atoms with van der Waals surface area (Å²) in [5, 5.41) is 27.8. The predicted octanol–water partition coefficient (Wildman–Crippen LogP) is 3.91. The van der Waals surface area contributed by atoms with Crippen LogP contribution in [0.5, 0.6) is 5.75 Å². The van der Waals surface area contributed by atoms with Gasteiger partial charge in [-0.1, -0.05) is 36.4 Å². The zero-order valence-corrected chi connectivity index (χ0v) is 40.1. The number of fused-ring (bicyclic) bond motifs is 1. The molecule has 3 aliphatic heterocycles. The second-order valence-corrected chi connectivity index (χ2v) is 18.7. The number of carbonyl (C=O) groups excluding carboxylic acids is 4. The number of nitrogens with zero attached hydrogens (tertiary/aromatic N) is 9. The molecule has 19 heteroatoms. The highest BCUT2D eigenvalue weighted by Crippen LogP contribution is 2.28. The quantitative estimate of drug-likeness (QED) is 0.0921. The van der Waals surface area contributed by atoms with Crippen molar-refractivity contribution in [2.45, 2.75) is 64.5 Å². The number of ether oxygens (including phenoxy) is 1. The topological polar surface area (TPSA) is 239 Å². The van der Waals surface area contributed by atoms with Crippen LogP contribution >= 0.6 is 0 Å². The molecular formula is C53H56N12O7. The molecule has 1 unspecified atom stereocenters. The van der Waals surface area contributed by atoms with Gasteiger partial charge in [0.15, 0.2) is 11.6 Å². The number of benzene rings is 3. The predicted molar refractivity (Wildman–Crippen MR) is 268 cm³/mol. The Morgan fingerprint density at radius 1 is 0.819 bits per heavy atom. The lowest BCUT2D eigenvalue weighted by atomic mass is 9.95. The van der Waals surface area contributed by atoms with Gasteiger partial charge in [0.1, 0.15) is 6.04 Å². The number of nitrogens with one attached hydrogen (secondary N) is 3. The number of anilines is 1. The van der Waals surface area contributed by atoms with Crippen molar-refractivity contribution in [2.75, 3.05) is 57.3 Å². The molecule has 0 radical (unpaired) electrons. The first-order valence-corrected chi connectivity index (χ1v) is 24.5. The lowest BCUT2D eigenvalue weighted by Crippen LogP contribution is -2.45. The third kappa shape index (κ3) is 11.7. The Morgan fingerprint density at radius 2 is 1.58 bits per heavy atom. The van der Waals surface area contributed by atoms with Crippen LogP contribution in [0.15, 0.2) is 101 Å². The minimum absolute atomic E-state index is 0.00132. The van der Waals surface area contributed by atoms with Crippen molar-refractivity contribution in [1.82, 2.24) is 50.4 Å². The Bertz CT molecular complexity index is 3150. The maximum atomic E-state index is 13.6. The number of aromatic nitrogens is 6. The van der Waals surface area contributed by atoms with Gasteiger partial charge in [0.2, 0.25) is 17.7 Å². The van der Waals surface area contributed by atoms with Crippen LogP contribution in [-0.4, -0.2) is 110 Å². The molecule has 3 aromatic carbocycles. The number of piperidine rings is 3. The Hall–Kier alpha value is -8.11. The number of imide groups is 1. The van der Waals surface area contributed by atoms with E-state index in [2.05, 4.69) is 52.0 Å². The Kier molecular flexibility index (Phi) is 15.2. The molecule has 3 aliphatic rings. The fourth-order valence-corrected chi connectivity index (χ4v) is 9.57. The number of rotatable bonds is 16. The van der Waals surface area contributed by atoms with E-state index in [-0.39, 0.29) is 54.1 Å². The van der Waals surface area contributed by atoms with Crippen molar-refractivity contribution in [3.05, 3.63) is 129 Å². The van der Waals surface area contributed by atoms with Gasteiger partial charge in [-0.25, -0.2) is 19.3 Å². The SMILES string of the molecule is Cc1nn(C2CCC(=O)NC2=O)c(=O)c2cc(N3CCC(C(=O)NCCCNC(=O)CN4CCC(COc5cnc(-c6cccc(Cn7nc(-c8cccc(C#N)c8)ccc7=O)c6)nc5)CC4)CC3)ccc12. The van der Waals surface area contributed by atoms with Gasteiger partial charge in [0, 0.05) is 66.8 Å². The third-order valence-corrected chi connectivity index (χ3v) is 13.7. The lowest BCUT2D eigenvalue weighted by Gasteiger charge is -2.33. The van der Waals surface area contributed by atoms with Crippen molar-refractivity contribution >= 4 is 40.1 Å². The van der Waals surface area contributed by atoms with Crippen LogP contribution in [0.3, 0.4) is 0 Å². The van der Waals surface area contributed by atoms with E-state index in [1.54, 1.807) is 43.6 Å². The van der Waals surface area contributed by atoms with E-state index < -0.39 is 11.9 Å². The molecule has 3 fully saturated rings. The molecule has 0 bridgehead atoms. The fraction of sp³-hybridized carbons (Fsp3) is 0.377. The van der Waals surface area contributed by atoms with E-state index in [0.717, 1.165) is 48.3 Å². The largest absolute Gasteiger partial charge is 0.490 e. The van der Waals surface area contributed by atoms with Crippen molar-refractivity contribution in [3.63, 3.8) is 0 Å². The van der Waals surface area contributed by atoms with Gasteiger partial charge < -0.3 is 20.3 Å². The highest BCUT2D eigenvalue weighted by Gasteiger charge is 2.31. The standard InChI is InChI=1S/C53H56N12O7/c1-34-43-10-9-41(27-44(43)53(71)65(60-34)46-12-13-47(66)59-52(46)70)63-23-17-38(18-24-63)51(69)56-20-4-19-55-48(67)32-62-21-15-35(16-22-62)33-72-42-29-57-50(58-30-42)40-8-3-6-37(26-40)31-64-49(68)14-11-45(61-64)39-7-2-5-36(25-39)28-54/h2-3,5-11,14,25-27,29-30,35,38,46H,4,12-13,15-24,31-33H2,1H3,(H,55,67)(H,56,69)(H,59,66,70). The average molecular weight is 973 g/mol. The van der Waals surface area contributed by atoms with Crippen LogP contribution < -0.4 is 36.7 Å². The molecule has 0 spiro atoms. The number of hydrogen-bond acceptors (Lipinski definition) is 14. The van der Waals surface area contributed by atoms with Gasteiger partial charge in [-0.15, -0.1) is 0 Å². The fourth-order valence-electron chi connectivity index (χ4n) is 9.57. The van der Waals surface area contributed by atoms with Crippen LogP contribution in [0.4, 0.5) is 5.69 Å². The van der Waals surface area contributed by atoms with Gasteiger partial charge in [-0.05, 0) is 106 Å². The van der Waals surface area contributed by atoms with Gasteiger partial charge in [0.25, 0.3) is 17.0 Å². The van der Waals surface area contributed by atoms with E-state index in [1.165, 1.54) is 15.4 Å². The molecule has 72 heavy (non-hydrogen) atoms. The summed E-state index contributed by atoms with van der Waals surface area (Å²) in [6.45, 7) is 6.65. The van der Waals surface area contributed by atoms with Crippen LogP contribution in [0.1, 0.15) is 67.8 Å². The molecule has 6 aromatic rings. The molecule has 19 nitrogen and oxygen atoms in total. The summed E-state index contributed by atoms with van der Waals surface area (Å²) in [4.78, 5) is 89.8. The molecule has 9 rings (SSSR count). The zero-order valence-electron chi connectivity index (χ0n) is 40.1. The summed E-state index contributed by atoms with van der Waals surface area (Å²) in [7, 11) is 0. The number of carbonyl (C=O) groups is 4. The molecule has 0 aliphatic carbocycles. The monoisotopic (exact) mass is 972 g/mol. The minimum Gasteiger partial charge on any atom is -0.490 e. The maximum Gasteiger partial charge on any atom is 0.275 e. The van der Waals surface area contributed by atoms with Gasteiger partial charge >= 0.3 is 0 Å². The van der Waals surface area contributed by atoms with Crippen molar-refractivity contribution in [2.24, 2.45) is 11.8 Å². The first-order chi connectivity index (χ1) is 35.0. The van der Waals surface area contributed by atoms with Gasteiger partial charge in [0.05, 0.1) is 60.5 Å². The average Bonchev–Trinajstić information content (AvgIpc) is 3.40. The Balaban J connectivity index is 0.651. The number of hydrogen-bond donors (Lipinski definition) is 3. The molecule has 1 atom stereocenters. The molecule has 3 saturated heterocycles. The maximum absolute atomic E-state index is 13.6. The molecule has 3 aromatic heterocycles. The first-order valence-electron chi connectivity index (χ1n) is 24.5. The number of amides is 4. The number of nitriles is 1. The second kappa shape index (κ2) is 22.3. The summed E-state index contributed by atoms with van der Waals surface area (Å²) < 4.78 is 8.68. The van der Waals surface area contributed by atoms with E-state index in [9.17, 15) is 34.0 Å². The molecule has 370 valence electrons. The van der Waals surface area contributed by atoms with Crippen molar-refractivity contribution in [3.8, 4) is 34.5 Å². The summed E-state index contributed by atoms with van der Waals surface area (Å²) in [5.41, 5.74) is 4.37. The summed E-state index contributed by atoms with van der Waals surface area (Å²) in [6, 6.07) is 24.8. The third-order valence-electron chi connectivity index (χ3n) is 13.7. The van der Waals surface area contributed by atoms with Gasteiger partial charge in [-0.3, -0.25) is 39.0 Å². The summed E-state index contributed by atoms with van der Waals surface area (Å²) in [5.74, 6) is 0.370. The zero-order chi connectivity index (χ0) is 50.1. The van der Waals surface area contributed by atoms with Crippen LogP contribution in [-0.2, 0) is 25.7 Å². The van der Waals surface area contributed by atoms with E-state index in [0.29, 0.717) is 104 Å².